The molecule has 2 aliphatic carbocycles. The summed E-state index contributed by atoms with van der Waals surface area (Å²) in [4.78, 5) is 29.8. The third-order valence-electron chi connectivity index (χ3n) is 6.56. The first-order chi connectivity index (χ1) is 14.7. The predicted octanol–water partition coefficient (Wildman–Crippen LogP) is 4.63. The summed E-state index contributed by atoms with van der Waals surface area (Å²) >= 11 is 0. The molecule has 0 spiro atoms. The molecule has 2 N–H and O–H groups in total. The van der Waals surface area contributed by atoms with Gasteiger partial charge in [0.05, 0.1) is 11.6 Å². The Labute approximate surface area is 173 Å². The normalized spacial score (nSPS) is 18.5. The lowest BCUT2D eigenvalue weighted by Crippen LogP contribution is -2.32. The maximum absolute atomic E-state index is 13.4. The van der Waals surface area contributed by atoms with Gasteiger partial charge >= 0.3 is 0 Å². The number of carbonyl (C=O) groups is 1. The number of H-pyrrole nitrogens is 1. The summed E-state index contributed by atoms with van der Waals surface area (Å²) in [5, 5.41) is 5.86. The summed E-state index contributed by atoms with van der Waals surface area (Å²) in [5.74, 6) is -0.114. The van der Waals surface area contributed by atoms with Crippen LogP contribution in [0, 0.1) is 0 Å². The number of rotatable bonds is 3. The Balaban J connectivity index is 1.41. The largest absolute Gasteiger partial charge is 0.356 e. The highest BCUT2D eigenvalue weighted by Gasteiger charge is 2.29. The minimum atomic E-state index is -0.114. The maximum atomic E-state index is 13.4. The zero-order chi connectivity index (χ0) is 20.2. The second-order valence-corrected chi connectivity index (χ2v) is 8.51. The predicted molar refractivity (Wildman–Crippen MR) is 118 cm³/mol. The van der Waals surface area contributed by atoms with Crippen molar-refractivity contribution in [2.24, 2.45) is 0 Å². The Morgan fingerprint density at radius 2 is 1.70 bits per heavy atom. The molecule has 0 saturated heterocycles. The van der Waals surface area contributed by atoms with Crippen LogP contribution in [0.2, 0.25) is 0 Å². The van der Waals surface area contributed by atoms with Gasteiger partial charge in [0.15, 0.2) is 0 Å². The first-order valence-corrected chi connectivity index (χ1v) is 10.7. The van der Waals surface area contributed by atoms with E-state index in [1.807, 2.05) is 30.3 Å². The molecule has 5 nitrogen and oxygen atoms in total. The van der Waals surface area contributed by atoms with Gasteiger partial charge in [0.1, 0.15) is 0 Å². The van der Waals surface area contributed by atoms with Crippen molar-refractivity contribution in [3.8, 4) is 0 Å². The Morgan fingerprint density at radius 1 is 0.967 bits per heavy atom. The number of amides is 1. The average Bonchev–Trinajstić information content (AvgIpc) is 3.54. The van der Waals surface area contributed by atoms with Gasteiger partial charge in [-0.25, -0.2) is 0 Å². The Morgan fingerprint density at radius 3 is 2.50 bits per heavy atom. The van der Waals surface area contributed by atoms with Gasteiger partial charge in [0.25, 0.3) is 11.5 Å². The van der Waals surface area contributed by atoms with Crippen LogP contribution in [0.25, 0.3) is 21.7 Å². The molecule has 1 fully saturated rings. The fraction of sp³-hybridized carbons (Fsp3) is 0.280. The molecule has 2 aliphatic rings. The van der Waals surface area contributed by atoms with Crippen LogP contribution in [0.15, 0.2) is 59.5 Å². The van der Waals surface area contributed by atoms with Crippen LogP contribution in [0.1, 0.15) is 59.4 Å². The summed E-state index contributed by atoms with van der Waals surface area (Å²) in [6.07, 6.45) is 6.75. The number of carbonyl (C=O) groups excluding carboxylic acids is 1. The zero-order valence-corrected chi connectivity index (χ0v) is 16.7. The van der Waals surface area contributed by atoms with Crippen LogP contribution in [-0.2, 0) is 6.42 Å². The van der Waals surface area contributed by atoms with E-state index < -0.39 is 0 Å². The number of fused-ring (bicyclic) bond motifs is 4. The van der Waals surface area contributed by atoms with Crippen molar-refractivity contribution >= 4 is 27.6 Å². The molecular formula is C25H23N3O2. The van der Waals surface area contributed by atoms with Crippen molar-refractivity contribution in [2.45, 2.75) is 44.2 Å². The third kappa shape index (κ3) is 2.69. The van der Waals surface area contributed by atoms with Crippen LogP contribution in [-0.4, -0.2) is 15.5 Å². The number of hydrogen-bond donors (Lipinski definition) is 2. The molecule has 30 heavy (non-hydrogen) atoms. The number of aryl methyl sites for hydroxylation is 1. The van der Waals surface area contributed by atoms with Gasteiger partial charge in [-0.15, -0.1) is 0 Å². The smallest absolute Gasteiger partial charge is 0.258 e. The van der Waals surface area contributed by atoms with Gasteiger partial charge in [0.2, 0.25) is 0 Å². The van der Waals surface area contributed by atoms with Crippen molar-refractivity contribution in [1.82, 2.24) is 14.9 Å². The van der Waals surface area contributed by atoms with Gasteiger partial charge in [-0.3, -0.25) is 9.59 Å². The molecular weight excluding hydrogens is 374 g/mol. The SMILES string of the molecule is O=C(N[C@H]1CCCc2c1[nH]c1ccccc21)c1cn(C2CC2)c(=O)c2ccccc12. The molecule has 0 radical (unpaired) electrons. The number of nitrogens with one attached hydrogen (secondary N) is 2. The number of nitrogens with zero attached hydrogens (tertiary/aromatic N) is 1. The van der Waals surface area contributed by atoms with Crippen LogP contribution >= 0.6 is 0 Å². The van der Waals surface area contributed by atoms with Gasteiger partial charge in [-0.05, 0) is 49.8 Å². The van der Waals surface area contributed by atoms with E-state index in [9.17, 15) is 9.59 Å². The van der Waals surface area contributed by atoms with E-state index in [0.29, 0.717) is 10.9 Å². The molecule has 0 unspecified atom stereocenters. The fourth-order valence-electron chi connectivity index (χ4n) is 4.91. The fourth-order valence-corrected chi connectivity index (χ4v) is 4.91. The molecule has 2 aromatic heterocycles. The minimum Gasteiger partial charge on any atom is -0.356 e. The van der Waals surface area contributed by atoms with Crippen LogP contribution in [0.3, 0.4) is 0 Å². The Bertz CT molecular complexity index is 1360. The molecule has 1 saturated carbocycles. The lowest BCUT2D eigenvalue weighted by molar-refractivity contribution is 0.0933. The average molecular weight is 397 g/mol. The van der Waals surface area contributed by atoms with Gasteiger partial charge in [0, 0.05) is 39.6 Å². The molecule has 1 atom stereocenters. The maximum Gasteiger partial charge on any atom is 0.258 e. The molecule has 2 heterocycles. The van der Waals surface area contributed by atoms with E-state index in [1.165, 1.54) is 10.9 Å². The minimum absolute atomic E-state index is 0.000204. The number of aromatic nitrogens is 2. The summed E-state index contributed by atoms with van der Waals surface area (Å²) < 4.78 is 1.76. The second kappa shape index (κ2) is 6.59. The highest BCUT2D eigenvalue weighted by molar-refractivity contribution is 6.06. The second-order valence-electron chi connectivity index (χ2n) is 8.51. The van der Waals surface area contributed by atoms with E-state index in [2.05, 4.69) is 28.5 Å². The number of pyridine rings is 1. The molecule has 4 aromatic rings. The van der Waals surface area contributed by atoms with Crippen molar-refractivity contribution < 1.29 is 4.79 Å². The van der Waals surface area contributed by atoms with E-state index in [1.54, 1.807) is 10.8 Å². The van der Waals surface area contributed by atoms with Crippen LogP contribution in [0.5, 0.6) is 0 Å². The molecule has 1 amide bonds. The number of benzene rings is 2. The van der Waals surface area contributed by atoms with Crippen LogP contribution < -0.4 is 10.9 Å². The first kappa shape index (κ1) is 17.5. The van der Waals surface area contributed by atoms with E-state index in [4.69, 9.17) is 0 Å². The van der Waals surface area contributed by atoms with Gasteiger partial charge < -0.3 is 14.9 Å². The van der Waals surface area contributed by atoms with Crippen molar-refractivity contribution in [1.29, 1.82) is 0 Å². The van der Waals surface area contributed by atoms with E-state index >= 15 is 0 Å². The summed E-state index contributed by atoms with van der Waals surface area (Å²) in [5.41, 5.74) is 4.14. The summed E-state index contributed by atoms with van der Waals surface area (Å²) in [7, 11) is 0. The first-order valence-electron chi connectivity index (χ1n) is 10.7. The van der Waals surface area contributed by atoms with Crippen molar-refractivity contribution in [2.75, 3.05) is 0 Å². The van der Waals surface area contributed by atoms with Crippen molar-refractivity contribution in [3.63, 3.8) is 0 Å². The molecule has 150 valence electrons. The highest BCUT2D eigenvalue weighted by atomic mass is 16.2. The summed E-state index contributed by atoms with van der Waals surface area (Å²) in [6.45, 7) is 0. The third-order valence-corrected chi connectivity index (χ3v) is 6.56. The monoisotopic (exact) mass is 397 g/mol. The lowest BCUT2D eigenvalue weighted by atomic mass is 9.91. The standard InChI is InChI=1S/C25H23N3O2/c29-24(20-14-28(15-12-13-15)25(30)19-8-2-1-6-16(19)20)27-22-11-5-9-18-17-7-3-4-10-21(17)26-23(18)22/h1-4,6-8,10,14-15,22,26H,5,9,11-13H2,(H,27,29)/t22-/m0/s1. The lowest BCUT2D eigenvalue weighted by Gasteiger charge is -2.24. The van der Waals surface area contributed by atoms with Crippen molar-refractivity contribution in [3.05, 3.63) is 81.9 Å². The Kier molecular flexibility index (Phi) is 3.85. The van der Waals surface area contributed by atoms with Gasteiger partial charge in [-0.2, -0.15) is 0 Å². The zero-order valence-electron chi connectivity index (χ0n) is 16.7. The van der Waals surface area contributed by atoms with Crippen LogP contribution in [0.4, 0.5) is 0 Å². The highest BCUT2D eigenvalue weighted by Crippen LogP contribution is 2.36. The molecule has 0 bridgehead atoms. The number of hydrogen-bond acceptors (Lipinski definition) is 2. The molecule has 5 heteroatoms. The van der Waals surface area contributed by atoms with E-state index in [-0.39, 0.29) is 23.6 Å². The molecule has 0 aliphatic heterocycles. The quantitative estimate of drug-likeness (QED) is 0.529. The molecule has 6 rings (SSSR count). The van der Waals surface area contributed by atoms with E-state index in [0.717, 1.165) is 48.7 Å². The summed E-state index contributed by atoms with van der Waals surface area (Å²) in [6, 6.07) is 16.0. The number of para-hydroxylation sites is 1. The Hall–Kier alpha value is -3.34. The topological polar surface area (TPSA) is 66.9 Å². The number of aromatic amines is 1. The van der Waals surface area contributed by atoms with Gasteiger partial charge in [-0.1, -0.05) is 36.4 Å². The molecule has 2 aromatic carbocycles.